The van der Waals surface area contributed by atoms with Crippen LogP contribution in [0.4, 0.5) is 10.6 Å². The molecule has 0 aliphatic carbocycles. The third-order valence-electron chi connectivity index (χ3n) is 5.14. The Balaban J connectivity index is 1.63. The molecule has 0 fully saturated rings. The van der Waals surface area contributed by atoms with Crippen molar-refractivity contribution in [3.8, 4) is 11.1 Å². The monoisotopic (exact) mass is 479 g/mol. The van der Waals surface area contributed by atoms with Gasteiger partial charge in [0.05, 0.1) is 6.61 Å². The molecule has 0 aliphatic heterocycles. The zero-order valence-electron chi connectivity index (χ0n) is 19.4. The van der Waals surface area contributed by atoms with Crippen LogP contribution in [0.1, 0.15) is 30.8 Å². The van der Waals surface area contributed by atoms with Gasteiger partial charge in [0.15, 0.2) is 5.65 Å². The van der Waals surface area contributed by atoms with E-state index in [4.69, 9.17) is 21.1 Å². The molecule has 34 heavy (non-hydrogen) atoms. The molecule has 3 aromatic heterocycles. The number of anilines is 1. The van der Waals surface area contributed by atoms with Crippen molar-refractivity contribution in [2.45, 2.75) is 27.2 Å². The number of halogens is 1. The Morgan fingerprint density at radius 1 is 1.12 bits per heavy atom. The van der Waals surface area contributed by atoms with Crippen LogP contribution >= 0.6 is 11.6 Å². The van der Waals surface area contributed by atoms with Crippen molar-refractivity contribution in [2.24, 2.45) is 0 Å². The minimum Gasteiger partial charge on any atom is -0.449 e. The molecular formula is C25H26ClN5O3. The second kappa shape index (κ2) is 10.6. The van der Waals surface area contributed by atoms with E-state index in [9.17, 15) is 4.79 Å². The summed E-state index contributed by atoms with van der Waals surface area (Å²) < 4.78 is 12.3. The first kappa shape index (κ1) is 23.7. The lowest BCUT2D eigenvalue weighted by molar-refractivity contribution is 0.122. The van der Waals surface area contributed by atoms with E-state index in [0.29, 0.717) is 29.7 Å². The fraction of sp³-hybridized carbons (Fsp3) is 0.280. The van der Waals surface area contributed by atoms with Crippen molar-refractivity contribution < 1.29 is 14.3 Å². The smallest absolute Gasteiger partial charge is 0.417 e. The lowest BCUT2D eigenvalue weighted by atomic mass is 10.0. The Kier molecular flexibility index (Phi) is 7.40. The quantitative estimate of drug-likeness (QED) is 0.319. The van der Waals surface area contributed by atoms with Gasteiger partial charge in [0, 0.05) is 36.0 Å². The van der Waals surface area contributed by atoms with E-state index < -0.39 is 6.09 Å². The lowest BCUT2D eigenvalue weighted by Crippen LogP contribution is -2.34. The average Bonchev–Trinajstić information content (AvgIpc) is 3.20. The summed E-state index contributed by atoms with van der Waals surface area (Å²) in [5, 5.41) is 5.17. The summed E-state index contributed by atoms with van der Waals surface area (Å²) in [5.41, 5.74) is 4.73. The Morgan fingerprint density at radius 3 is 2.68 bits per heavy atom. The molecule has 4 aromatic rings. The first-order valence-electron chi connectivity index (χ1n) is 11.1. The van der Waals surface area contributed by atoms with Crippen LogP contribution in [-0.2, 0) is 15.9 Å². The van der Waals surface area contributed by atoms with Gasteiger partial charge in [0.25, 0.3) is 0 Å². The minimum atomic E-state index is -0.491. The summed E-state index contributed by atoms with van der Waals surface area (Å²) in [4.78, 5) is 22.8. The van der Waals surface area contributed by atoms with Crippen molar-refractivity contribution in [2.75, 3.05) is 24.8 Å². The molecule has 3 heterocycles. The van der Waals surface area contributed by atoms with E-state index in [2.05, 4.69) is 21.1 Å². The first-order valence-corrected chi connectivity index (χ1v) is 11.4. The second-order valence-corrected chi connectivity index (χ2v) is 8.09. The zero-order chi connectivity index (χ0) is 24.1. The standard InChI is InChI=1S/C25H26ClN5O3/c1-4-33-16-30(25(32)34-5-2)23-10-9-18(14-27-23)11-19-12-22(20-7-6-8-21(26)13-20)24-28-17(3)29-31(24)15-19/h6-10,12-15H,4-5,11,16H2,1-3H3. The van der Waals surface area contributed by atoms with E-state index in [1.165, 1.54) is 4.90 Å². The number of benzene rings is 1. The number of nitrogens with zero attached hydrogens (tertiary/aromatic N) is 5. The molecule has 0 saturated carbocycles. The largest absolute Gasteiger partial charge is 0.449 e. The van der Waals surface area contributed by atoms with E-state index in [-0.39, 0.29) is 13.3 Å². The van der Waals surface area contributed by atoms with Gasteiger partial charge in [-0.2, -0.15) is 5.10 Å². The highest BCUT2D eigenvalue weighted by molar-refractivity contribution is 6.30. The molecule has 0 spiro atoms. The van der Waals surface area contributed by atoms with Crippen LogP contribution in [0.3, 0.4) is 0 Å². The van der Waals surface area contributed by atoms with E-state index >= 15 is 0 Å². The maximum absolute atomic E-state index is 12.3. The number of ether oxygens (including phenoxy) is 2. The van der Waals surface area contributed by atoms with Gasteiger partial charge in [-0.15, -0.1) is 0 Å². The van der Waals surface area contributed by atoms with E-state index in [1.54, 1.807) is 23.7 Å². The molecule has 1 amide bonds. The first-order chi connectivity index (χ1) is 16.5. The second-order valence-electron chi connectivity index (χ2n) is 7.65. The number of pyridine rings is 2. The molecule has 176 valence electrons. The third-order valence-corrected chi connectivity index (χ3v) is 5.37. The van der Waals surface area contributed by atoms with Crippen molar-refractivity contribution >= 4 is 29.2 Å². The fourth-order valence-corrected chi connectivity index (χ4v) is 3.82. The minimum absolute atomic E-state index is 0.0764. The van der Waals surface area contributed by atoms with Crippen LogP contribution in [0.5, 0.6) is 0 Å². The highest BCUT2D eigenvalue weighted by Gasteiger charge is 2.18. The fourth-order valence-electron chi connectivity index (χ4n) is 3.63. The third kappa shape index (κ3) is 5.35. The highest BCUT2D eigenvalue weighted by atomic mass is 35.5. The van der Waals surface area contributed by atoms with Crippen LogP contribution in [-0.4, -0.2) is 45.6 Å². The lowest BCUT2D eigenvalue weighted by Gasteiger charge is -2.20. The molecule has 8 nitrogen and oxygen atoms in total. The number of aryl methyl sites for hydroxylation is 1. The summed E-state index contributed by atoms with van der Waals surface area (Å²) in [6.07, 6.45) is 3.86. The van der Waals surface area contributed by atoms with E-state index in [0.717, 1.165) is 27.9 Å². The highest BCUT2D eigenvalue weighted by Crippen LogP contribution is 2.28. The summed E-state index contributed by atoms with van der Waals surface area (Å²) in [5.74, 6) is 1.16. The van der Waals surface area contributed by atoms with Gasteiger partial charge in [-0.05, 0) is 61.7 Å². The van der Waals surface area contributed by atoms with Crippen LogP contribution in [0.2, 0.25) is 5.02 Å². The van der Waals surface area contributed by atoms with Gasteiger partial charge in [-0.25, -0.2) is 24.2 Å². The predicted octanol–water partition coefficient (Wildman–Crippen LogP) is 5.30. The van der Waals surface area contributed by atoms with Gasteiger partial charge in [0.1, 0.15) is 18.4 Å². The van der Waals surface area contributed by atoms with Crippen LogP contribution in [0.25, 0.3) is 16.8 Å². The Hall–Kier alpha value is -3.49. The number of amides is 1. The summed E-state index contributed by atoms with van der Waals surface area (Å²) in [6, 6.07) is 13.5. The molecule has 0 saturated heterocycles. The van der Waals surface area contributed by atoms with Crippen molar-refractivity contribution in [1.82, 2.24) is 19.6 Å². The SMILES string of the molecule is CCOCN(C(=O)OCC)c1ccc(Cc2cc(-c3cccc(Cl)c3)c3nc(C)nn3c2)cn1. The predicted molar refractivity (Wildman–Crippen MR) is 131 cm³/mol. The zero-order valence-corrected chi connectivity index (χ0v) is 20.1. The van der Waals surface area contributed by atoms with Crippen LogP contribution in [0, 0.1) is 6.92 Å². The molecule has 0 N–H and O–H groups in total. The summed E-state index contributed by atoms with van der Waals surface area (Å²) >= 11 is 6.24. The van der Waals surface area contributed by atoms with Gasteiger partial charge < -0.3 is 9.47 Å². The van der Waals surface area contributed by atoms with Gasteiger partial charge in [0.2, 0.25) is 0 Å². The van der Waals surface area contributed by atoms with E-state index in [1.807, 2.05) is 50.4 Å². The normalized spacial score (nSPS) is 11.1. The van der Waals surface area contributed by atoms with Crippen molar-refractivity contribution in [3.63, 3.8) is 0 Å². The van der Waals surface area contributed by atoms with Crippen molar-refractivity contribution in [3.05, 3.63) is 76.8 Å². The average molecular weight is 480 g/mol. The molecular weight excluding hydrogens is 454 g/mol. The van der Waals surface area contributed by atoms with Gasteiger partial charge in [-0.3, -0.25) is 0 Å². The molecule has 0 bridgehead atoms. The number of hydrogen-bond donors (Lipinski definition) is 0. The molecule has 1 aromatic carbocycles. The molecule has 0 radical (unpaired) electrons. The number of carbonyl (C=O) groups is 1. The number of aromatic nitrogens is 4. The Morgan fingerprint density at radius 2 is 1.97 bits per heavy atom. The van der Waals surface area contributed by atoms with Crippen molar-refractivity contribution in [1.29, 1.82) is 0 Å². The molecule has 9 heteroatoms. The number of fused-ring (bicyclic) bond motifs is 1. The van der Waals surface area contributed by atoms with Crippen LogP contribution in [0.15, 0.2) is 54.9 Å². The molecule has 4 rings (SSSR count). The number of rotatable bonds is 8. The number of hydrogen-bond acceptors (Lipinski definition) is 6. The molecule has 0 aliphatic rings. The topological polar surface area (TPSA) is 81.8 Å². The molecule has 0 unspecified atom stereocenters. The maximum atomic E-state index is 12.3. The number of carbonyl (C=O) groups excluding carboxylic acids is 1. The Bertz CT molecular complexity index is 1290. The van der Waals surface area contributed by atoms with Gasteiger partial charge in [-0.1, -0.05) is 29.8 Å². The summed E-state index contributed by atoms with van der Waals surface area (Å²) in [7, 11) is 0. The summed E-state index contributed by atoms with van der Waals surface area (Å²) in [6.45, 7) is 6.33. The maximum Gasteiger partial charge on any atom is 0.417 e. The Labute approximate surface area is 203 Å². The molecule has 0 atom stereocenters. The van der Waals surface area contributed by atoms with Crippen LogP contribution < -0.4 is 4.90 Å². The van der Waals surface area contributed by atoms with Gasteiger partial charge >= 0.3 is 6.09 Å².